The number of carbonyl (C=O) groups excluding carboxylic acids is 1. The van der Waals surface area contributed by atoms with E-state index in [0.29, 0.717) is 18.0 Å². The Morgan fingerprint density at radius 3 is 2.76 bits per heavy atom. The number of hydrazone groups is 1. The molecule has 25 heavy (non-hydrogen) atoms. The average Bonchev–Trinajstić information content (AvgIpc) is 2.65. The second kappa shape index (κ2) is 8.17. The predicted octanol–water partition coefficient (Wildman–Crippen LogP) is 4.02. The smallest absolute Gasteiger partial charge is 0.241 e. The lowest BCUT2D eigenvalue weighted by Crippen LogP contribution is -2.33. The van der Waals surface area contributed by atoms with Gasteiger partial charge in [0.25, 0.3) is 0 Å². The Morgan fingerprint density at radius 2 is 1.96 bits per heavy atom. The molecular weight excluding hydrogens is 334 g/mol. The van der Waals surface area contributed by atoms with Gasteiger partial charge in [-0.25, -0.2) is 5.43 Å². The average molecular weight is 356 g/mol. The second-order valence-corrected chi connectivity index (χ2v) is 6.64. The Morgan fingerprint density at radius 1 is 1.20 bits per heavy atom. The maximum atomic E-state index is 12.1. The van der Waals surface area contributed by atoms with Crippen molar-refractivity contribution in [3.8, 4) is 0 Å². The van der Waals surface area contributed by atoms with E-state index in [0.717, 1.165) is 30.7 Å². The zero-order valence-electron chi connectivity index (χ0n) is 14.3. The lowest BCUT2D eigenvalue weighted by Gasteiger charge is -2.31. The van der Waals surface area contributed by atoms with Gasteiger partial charge >= 0.3 is 0 Å². The van der Waals surface area contributed by atoms with Crippen LogP contribution in [0.4, 0.5) is 5.69 Å². The molecule has 1 aliphatic heterocycles. The van der Waals surface area contributed by atoms with Crippen LogP contribution in [-0.4, -0.2) is 24.7 Å². The van der Waals surface area contributed by atoms with E-state index in [4.69, 9.17) is 11.6 Å². The van der Waals surface area contributed by atoms with Gasteiger partial charge in [-0.3, -0.25) is 4.79 Å². The van der Waals surface area contributed by atoms with Crippen LogP contribution in [0.15, 0.2) is 53.6 Å². The number of para-hydroxylation sites is 1. The zero-order valence-corrected chi connectivity index (χ0v) is 15.1. The molecule has 1 amide bonds. The molecular formula is C20H22ClN3O. The molecule has 0 saturated heterocycles. The van der Waals surface area contributed by atoms with Gasteiger partial charge in [0.15, 0.2) is 0 Å². The molecule has 0 aliphatic carbocycles. The van der Waals surface area contributed by atoms with Crippen molar-refractivity contribution in [3.05, 3.63) is 64.7 Å². The van der Waals surface area contributed by atoms with Crippen LogP contribution in [-0.2, 0) is 11.2 Å². The van der Waals surface area contributed by atoms with Gasteiger partial charge in [0.05, 0.1) is 5.71 Å². The third kappa shape index (κ3) is 4.60. The van der Waals surface area contributed by atoms with Crippen molar-refractivity contribution in [1.29, 1.82) is 0 Å². The van der Waals surface area contributed by atoms with Crippen LogP contribution in [0.1, 0.15) is 30.9 Å². The molecule has 0 radical (unpaired) electrons. The van der Waals surface area contributed by atoms with Crippen LogP contribution < -0.4 is 10.3 Å². The Bertz CT molecular complexity index is 771. The molecule has 0 aromatic heterocycles. The van der Waals surface area contributed by atoms with Crippen molar-refractivity contribution in [3.63, 3.8) is 0 Å². The van der Waals surface area contributed by atoms with Gasteiger partial charge in [-0.05, 0) is 49.1 Å². The first kappa shape index (κ1) is 17.5. The molecule has 1 N–H and O–H groups in total. The molecule has 0 unspecified atom stereocenters. The number of anilines is 1. The number of rotatable bonds is 5. The summed E-state index contributed by atoms with van der Waals surface area (Å²) in [4.78, 5) is 14.4. The number of nitrogens with zero attached hydrogens (tertiary/aromatic N) is 2. The molecule has 5 heteroatoms. The summed E-state index contributed by atoms with van der Waals surface area (Å²) in [5, 5.41) is 4.87. The van der Waals surface area contributed by atoms with Crippen LogP contribution in [0.25, 0.3) is 0 Å². The summed E-state index contributed by atoms with van der Waals surface area (Å²) in [5.74, 6) is -0.0728. The highest BCUT2D eigenvalue weighted by Gasteiger charge is 2.16. The van der Waals surface area contributed by atoms with E-state index in [-0.39, 0.29) is 5.91 Å². The fourth-order valence-corrected chi connectivity index (χ4v) is 3.16. The molecule has 2 aromatic carbocycles. The maximum Gasteiger partial charge on any atom is 0.241 e. The van der Waals surface area contributed by atoms with Crippen molar-refractivity contribution < 1.29 is 4.79 Å². The summed E-state index contributed by atoms with van der Waals surface area (Å²) < 4.78 is 0. The number of amides is 1. The second-order valence-electron chi connectivity index (χ2n) is 6.21. The highest BCUT2D eigenvalue weighted by atomic mass is 35.5. The SMILES string of the molecule is CC(=NNC(=O)CCN1CCCc2ccccc21)c1ccc(Cl)cc1. The normalized spacial score (nSPS) is 14.2. The third-order valence-corrected chi connectivity index (χ3v) is 4.68. The fourth-order valence-electron chi connectivity index (χ4n) is 3.04. The van der Waals surface area contributed by atoms with E-state index in [1.54, 1.807) is 0 Å². The van der Waals surface area contributed by atoms with Gasteiger partial charge in [-0.2, -0.15) is 5.10 Å². The Kier molecular flexibility index (Phi) is 5.71. The minimum absolute atomic E-state index is 0.0728. The van der Waals surface area contributed by atoms with Gasteiger partial charge in [0, 0.05) is 30.2 Å². The summed E-state index contributed by atoms with van der Waals surface area (Å²) >= 11 is 5.88. The first-order chi connectivity index (χ1) is 12.1. The molecule has 1 heterocycles. The number of fused-ring (bicyclic) bond motifs is 1. The summed E-state index contributed by atoms with van der Waals surface area (Å²) in [6.07, 6.45) is 2.67. The van der Waals surface area contributed by atoms with Gasteiger partial charge in [0.1, 0.15) is 0 Å². The van der Waals surface area contributed by atoms with Crippen molar-refractivity contribution in [2.45, 2.75) is 26.2 Å². The van der Waals surface area contributed by atoms with E-state index >= 15 is 0 Å². The molecule has 1 aliphatic rings. The molecule has 0 fully saturated rings. The monoisotopic (exact) mass is 355 g/mol. The van der Waals surface area contributed by atoms with Crippen molar-refractivity contribution in [1.82, 2.24) is 5.43 Å². The van der Waals surface area contributed by atoms with Crippen LogP contribution >= 0.6 is 11.6 Å². The summed E-state index contributed by atoms with van der Waals surface area (Å²) in [7, 11) is 0. The Hall–Kier alpha value is -2.33. The molecule has 3 rings (SSSR count). The molecule has 0 bridgehead atoms. The number of nitrogens with one attached hydrogen (secondary N) is 1. The highest BCUT2D eigenvalue weighted by Crippen LogP contribution is 2.26. The van der Waals surface area contributed by atoms with Crippen molar-refractivity contribution in [2.75, 3.05) is 18.0 Å². The van der Waals surface area contributed by atoms with E-state index in [9.17, 15) is 4.79 Å². The molecule has 4 nitrogen and oxygen atoms in total. The van der Waals surface area contributed by atoms with Crippen molar-refractivity contribution >= 4 is 28.9 Å². The fraction of sp³-hybridized carbons (Fsp3) is 0.300. The minimum Gasteiger partial charge on any atom is -0.371 e. The molecule has 0 spiro atoms. The minimum atomic E-state index is -0.0728. The van der Waals surface area contributed by atoms with E-state index in [1.165, 1.54) is 11.3 Å². The topological polar surface area (TPSA) is 44.7 Å². The lowest BCUT2D eigenvalue weighted by atomic mass is 10.0. The van der Waals surface area contributed by atoms with Gasteiger partial charge in [-0.15, -0.1) is 0 Å². The molecule has 130 valence electrons. The number of halogens is 1. The van der Waals surface area contributed by atoms with E-state index < -0.39 is 0 Å². The quantitative estimate of drug-likeness (QED) is 0.650. The summed E-state index contributed by atoms with van der Waals surface area (Å²) in [5.41, 5.74) is 6.96. The van der Waals surface area contributed by atoms with Gasteiger partial charge < -0.3 is 4.90 Å². The van der Waals surface area contributed by atoms with Crippen LogP contribution in [0.2, 0.25) is 5.02 Å². The largest absolute Gasteiger partial charge is 0.371 e. The summed E-state index contributed by atoms with van der Waals surface area (Å²) in [6.45, 7) is 3.57. The molecule has 0 saturated carbocycles. The maximum absolute atomic E-state index is 12.1. The zero-order chi connectivity index (χ0) is 17.6. The number of benzene rings is 2. The lowest BCUT2D eigenvalue weighted by molar-refractivity contribution is -0.120. The van der Waals surface area contributed by atoms with Crippen LogP contribution in [0.3, 0.4) is 0 Å². The van der Waals surface area contributed by atoms with Gasteiger partial charge in [0.2, 0.25) is 5.91 Å². The highest BCUT2D eigenvalue weighted by molar-refractivity contribution is 6.30. The summed E-state index contributed by atoms with van der Waals surface area (Å²) in [6, 6.07) is 15.8. The Balaban J connectivity index is 1.53. The molecule has 0 atom stereocenters. The third-order valence-electron chi connectivity index (χ3n) is 4.43. The number of hydrogen-bond acceptors (Lipinski definition) is 3. The van der Waals surface area contributed by atoms with Gasteiger partial charge in [-0.1, -0.05) is 41.9 Å². The number of carbonyl (C=O) groups is 1. The van der Waals surface area contributed by atoms with Crippen LogP contribution in [0.5, 0.6) is 0 Å². The first-order valence-corrected chi connectivity index (χ1v) is 8.93. The first-order valence-electron chi connectivity index (χ1n) is 8.55. The number of aryl methyl sites for hydroxylation is 1. The standard InChI is InChI=1S/C20H22ClN3O/c1-15(16-8-10-18(21)11-9-16)22-23-20(25)12-14-24-13-4-6-17-5-2-3-7-19(17)24/h2-3,5,7-11H,4,6,12-14H2,1H3,(H,23,25). The van der Waals surface area contributed by atoms with Crippen LogP contribution in [0, 0.1) is 0 Å². The Labute approximate surface area is 153 Å². The van der Waals surface area contributed by atoms with E-state index in [1.807, 2.05) is 31.2 Å². The molecule has 2 aromatic rings. The predicted molar refractivity (Wildman–Crippen MR) is 103 cm³/mol. The van der Waals surface area contributed by atoms with E-state index in [2.05, 4.69) is 39.7 Å². The van der Waals surface area contributed by atoms with Crippen molar-refractivity contribution in [2.24, 2.45) is 5.10 Å². The number of hydrogen-bond donors (Lipinski definition) is 1.